The van der Waals surface area contributed by atoms with Crippen LogP contribution in [0, 0.1) is 6.92 Å². The van der Waals surface area contributed by atoms with Crippen LogP contribution in [0.15, 0.2) is 36.5 Å². The molecular formula is C14H16N2S. The Hall–Kier alpha value is -1.48. The van der Waals surface area contributed by atoms with Crippen molar-refractivity contribution in [3.63, 3.8) is 0 Å². The SMILES string of the molecule is Cc1ccc(CC(=S)Cc2ccn(C)n2)cc1. The molecule has 0 unspecified atom stereocenters. The fourth-order valence-corrected chi connectivity index (χ4v) is 2.07. The normalized spacial score (nSPS) is 10.5. The highest BCUT2D eigenvalue weighted by atomic mass is 32.1. The minimum absolute atomic E-state index is 0.782. The molecule has 0 aliphatic rings. The van der Waals surface area contributed by atoms with Crippen molar-refractivity contribution in [2.75, 3.05) is 0 Å². The van der Waals surface area contributed by atoms with Crippen molar-refractivity contribution in [3.8, 4) is 0 Å². The first-order valence-corrected chi connectivity index (χ1v) is 6.10. The number of aromatic nitrogens is 2. The number of thiocarbonyl (C=S) groups is 1. The van der Waals surface area contributed by atoms with Gasteiger partial charge in [-0.05, 0) is 18.6 Å². The summed E-state index contributed by atoms with van der Waals surface area (Å²) in [6.45, 7) is 2.09. The van der Waals surface area contributed by atoms with Crippen molar-refractivity contribution >= 4 is 17.1 Å². The lowest BCUT2D eigenvalue weighted by Crippen LogP contribution is -2.05. The molecule has 88 valence electrons. The zero-order chi connectivity index (χ0) is 12.3. The highest BCUT2D eigenvalue weighted by molar-refractivity contribution is 7.80. The van der Waals surface area contributed by atoms with Crippen molar-refractivity contribution in [2.24, 2.45) is 7.05 Å². The molecule has 1 heterocycles. The largest absolute Gasteiger partial charge is 0.276 e. The van der Waals surface area contributed by atoms with Crippen molar-refractivity contribution in [1.82, 2.24) is 9.78 Å². The number of rotatable bonds is 4. The molecule has 0 amide bonds. The lowest BCUT2D eigenvalue weighted by atomic mass is 10.1. The van der Waals surface area contributed by atoms with Crippen LogP contribution in [-0.4, -0.2) is 14.6 Å². The summed E-state index contributed by atoms with van der Waals surface area (Å²) in [5.41, 5.74) is 3.60. The molecule has 1 aromatic heterocycles. The van der Waals surface area contributed by atoms with Gasteiger partial charge < -0.3 is 0 Å². The molecule has 0 radical (unpaired) electrons. The number of hydrogen-bond acceptors (Lipinski definition) is 2. The molecule has 0 fully saturated rings. The molecule has 0 aliphatic heterocycles. The molecule has 17 heavy (non-hydrogen) atoms. The summed E-state index contributed by atoms with van der Waals surface area (Å²) in [5, 5.41) is 4.34. The average molecular weight is 244 g/mol. The molecule has 2 aromatic rings. The quantitative estimate of drug-likeness (QED) is 0.770. The van der Waals surface area contributed by atoms with E-state index in [1.54, 1.807) is 0 Å². The van der Waals surface area contributed by atoms with Gasteiger partial charge in [0.05, 0.1) is 5.69 Å². The Morgan fingerprint density at radius 1 is 1.18 bits per heavy atom. The average Bonchev–Trinajstić information content (AvgIpc) is 2.67. The van der Waals surface area contributed by atoms with Crippen LogP contribution in [-0.2, 0) is 19.9 Å². The Morgan fingerprint density at radius 3 is 2.47 bits per heavy atom. The van der Waals surface area contributed by atoms with Crippen molar-refractivity contribution in [3.05, 3.63) is 53.3 Å². The summed E-state index contributed by atoms with van der Waals surface area (Å²) >= 11 is 5.41. The van der Waals surface area contributed by atoms with Crippen molar-refractivity contribution in [2.45, 2.75) is 19.8 Å². The van der Waals surface area contributed by atoms with Gasteiger partial charge in [0, 0.05) is 31.0 Å². The van der Waals surface area contributed by atoms with E-state index >= 15 is 0 Å². The first kappa shape index (κ1) is 12.0. The van der Waals surface area contributed by atoms with Crippen LogP contribution in [0.1, 0.15) is 16.8 Å². The Labute approximate surface area is 107 Å². The molecule has 2 rings (SSSR count). The maximum atomic E-state index is 5.41. The van der Waals surface area contributed by atoms with Crippen LogP contribution in [0.3, 0.4) is 0 Å². The minimum atomic E-state index is 0.782. The van der Waals surface area contributed by atoms with Gasteiger partial charge in [0.25, 0.3) is 0 Å². The second-order valence-corrected chi connectivity index (χ2v) is 4.94. The number of hydrogen-bond donors (Lipinski definition) is 0. The molecule has 1 aromatic carbocycles. The van der Waals surface area contributed by atoms with Crippen LogP contribution < -0.4 is 0 Å². The second-order valence-electron chi connectivity index (χ2n) is 4.36. The van der Waals surface area contributed by atoms with Gasteiger partial charge in [0.2, 0.25) is 0 Å². The summed E-state index contributed by atoms with van der Waals surface area (Å²) < 4.78 is 1.81. The molecule has 0 atom stereocenters. The summed E-state index contributed by atoms with van der Waals surface area (Å²) in [6, 6.07) is 10.5. The predicted octanol–water partition coefficient (Wildman–Crippen LogP) is 2.88. The molecule has 0 bridgehead atoms. The van der Waals surface area contributed by atoms with Gasteiger partial charge in [0.15, 0.2) is 0 Å². The highest BCUT2D eigenvalue weighted by Gasteiger charge is 2.03. The third-order valence-electron chi connectivity index (χ3n) is 2.67. The maximum absolute atomic E-state index is 5.41. The fraction of sp³-hybridized carbons (Fsp3) is 0.286. The van der Waals surface area contributed by atoms with Crippen LogP contribution in [0.25, 0.3) is 0 Å². The molecule has 0 aliphatic carbocycles. The number of aryl methyl sites for hydroxylation is 2. The monoisotopic (exact) mass is 244 g/mol. The Bertz CT molecular complexity index is 511. The van der Waals surface area contributed by atoms with Gasteiger partial charge in [-0.3, -0.25) is 4.68 Å². The van der Waals surface area contributed by atoms with Crippen LogP contribution in [0.5, 0.6) is 0 Å². The van der Waals surface area contributed by atoms with Gasteiger partial charge in [-0.25, -0.2) is 0 Å². The molecule has 3 heteroatoms. The Kier molecular flexibility index (Phi) is 3.69. The molecule has 0 saturated heterocycles. The van der Waals surface area contributed by atoms with Crippen LogP contribution >= 0.6 is 12.2 Å². The van der Waals surface area contributed by atoms with Gasteiger partial charge in [-0.1, -0.05) is 42.0 Å². The first-order valence-electron chi connectivity index (χ1n) is 5.69. The van der Waals surface area contributed by atoms with Crippen molar-refractivity contribution < 1.29 is 0 Å². The highest BCUT2D eigenvalue weighted by Crippen LogP contribution is 2.07. The molecule has 0 N–H and O–H groups in total. The Balaban J connectivity index is 1.95. The van der Waals surface area contributed by atoms with E-state index in [1.165, 1.54) is 11.1 Å². The van der Waals surface area contributed by atoms with Crippen molar-refractivity contribution in [1.29, 1.82) is 0 Å². The summed E-state index contributed by atoms with van der Waals surface area (Å²) in [7, 11) is 1.92. The Morgan fingerprint density at radius 2 is 1.88 bits per heavy atom. The van der Waals surface area contributed by atoms with E-state index in [0.717, 1.165) is 23.4 Å². The van der Waals surface area contributed by atoms with Crippen LogP contribution in [0.4, 0.5) is 0 Å². The third-order valence-corrected chi connectivity index (χ3v) is 2.96. The fourth-order valence-electron chi connectivity index (χ4n) is 1.76. The predicted molar refractivity (Wildman–Crippen MR) is 74.4 cm³/mol. The van der Waals surface area contributed by atoms with E-state index < -0.39 is 0 Å². The van der Waals surface area contributed by atoms with E-state index in [1.807, 2.05) is 24.0 Å². The smallest absolute Gasteiger partial charge is 0.0673 e. The first-order chi connectivity index (χ1) is 8.13. The molecule has 2 nitrogen and oxygen atoms in total. The van der Waals surface area contributed by atoms with E-state index in [9.17, 15) is 0 Å². The summed E-state index contributed by atoms with van der Waals surface area (Å²) in [5.74, 6) is 0. The summed E-state index contributed by atoms with van der Waals surface area (Å²) in [4.78, 5) is 1.03. The number of nitrogens with zero attached hydrogens (tertiary/aromatic N) is 2. The van der Waals surface area contributed by atoms with E-state index in [4.69, 9.17) is 12.2 Å². The molecule has 0 saturated carbocycles. The molecule has 0 spiro atoms. The zero-order valence-electron chi connectivity index (χ0n) is 10.2. The zero-order valence-corrected chi connectivity index (χ0v) is 11.0. The maximum Gasteiger partial charge on any atom is 0.0673 e. The van der Waals surface area contributed by atoms with Gasteiger partial charge in [-0.15, -0.1) is 0 Å². The summed E-state index contributed by atoms with van der Waals surface area (Å²) in [6.07, 6.45) is 3.58. The van der Waals surface area contributed by atoms with E-state index in [-0.39, 0.29) is 0 Å². The second kappa shape index (κ2) is 5.23. The van der Waals surface area contributed by atoms with Crippen LogP contribution in [0.2, 0.25) is 0 Å². The lowest BCUT2D eigenvalue weighted by Gasteiger charge is -2.03. The lowest BCUT2D eigenvalue weighted by molar-refractivity contribution is 0.753. The van der Waals surface area contributed by atoms with Gasteiger partial charge in [0.1, 0.15) is 0 Å². The van der Waals surface area contributed by atoms with Gasteiger partial charge in [-0.2, -0.15) is 5.10 Å². The van der Waals surface area contributed by atoms with E-state index in [0.29, 0.717) is 0 Å². The van der Waals surface area contributed by atoms with Gasteiger partial charge >= 0.3 is 0 Å². The number of benzene rings is 1. The molecular weight excluding hydrogens is 228 g/mol. The topological polar surface area (TPSA) is 17.8 Å². The minimum Gasteiger partial charge on any atom is -0.276 e. The standard InChI is InChI=1S/C14H16N2S/c1-11-3-5-12(6-4-11)9-14(17)10-13-7-8-16(2)15-13/h3-8H,9-10H2,1-2H3. The van der Waals surface area contributed by atoms with E-state index in [2.05, 4.69) is 36.3 Å². The third kappa shape index (κ3) is 3.49.